The van der Waals surface area contributed by atoms with E-state index in [1.165, 1.54) is 11.6 Å². The molecule has 1 fully saturated rings. The average molecular weight is 399 g/mol. The number of nitrogens with one attached hydrogen (secondary N) is 2. The van der Waals surface area contributed by atoms with Crippen LogP contribution in [-0.4, -0.2) is 20.4 Å². The van der Waals surface area contributed by atoms with Crippen molar-refractivity contribution in [3.05, 3.63) is 65.2 Å². The van der Waals surface area contributed by atoms with E-state index in [-0.39, 0.29) is 22.9 Å². The molecule has 2 aromatic rings. The van der Waals surface area contributed by atoms with E-state index < -0.39 is 10.0 Å². The molecule has 2 N–H and O–H groups in total. The van der Waals surface area contributed by atoms with Crippen LogP contribution < -0.4 is 10.0 Å². The van der Waals surface area contributed by atoms with Crippen molar-refractivity contribution in [1.29, 1.82) is 0 Å². The minimum atomic E-state index is -3.62. The molecule has 0 saturated heterocycles. The van der Waals surface area contributed by atoms with Gasteiger partial charge in [-0.15, -0.1) is 0 Å². The summed E-state index contributed by atoms with van der Waals surface area (Å²) < 4.78 is 28.3. The van der Waals surface area contributed by atoms with Crippen LogP contribution >= 0.6 is 0 Å². The summed E-state index contributed by atoms with van der Waals surface area (Å²) in [4.78, 5) is 12.9. The minimum absolute atomic E-state index is 0.00813. The van der Waals surface area contributed by atoms with Gasteiger partial charge in [-0.1, -0.05) is 49.6 Å². The van der Waals surface area contributed by atoms with Crippen LogP contribution in [0.25, 0.3) is 0 Å². The summed E-state index contributed by atoms with van der Waals surface area (Å²) in [6.45, 7) is 0. The van der Waals surface area contributed by atoms with Crippen molar-refractivity contribution in [1.82, 2.24) is 10.0 Å². The molecule has 2 aliphatic rings. The SMILES string of the molecule is O=C(NC1CCc2ccccc21)c1cccc(S(=O)(=O)NC2CCCCC2)c1. The van der Waals surface area contributed by atoms with Crippen molar-refractivity contribution >= 4 is 15.9 Å². The van der Waals surface area contributed by atoms with Crippen molar-refractivity contribution in [2.75, 3.05) is 0 Å². The molecule has 0 aromatic heterocycles. The van der Waals surface area contributed by atoms with Gasteiger partial charge in [-0.3, -0.25) is 4.79 Å². The molecule has 0 heterocycles. The lowest BCUT2D eigenvalue weighted by Gasteiger charge is -2.22. The van der Waals surface area contributed by atoms with Gasteiger partial charge in [0, 0.05) is 11.6 Å². The maximum absolute atomic E-state index is 12.8. The third kappa shape index (κ3) is 4.13. The first-order valence-corrected chi connectivity index (χ1v) is 11.5. The first-order valence-electron chi connectivity index (χ1n) is 10.0. The predicted molar refractivity (Wildman–Crippen MR) is 109 cm³/mol. The molecule has 0 bridgehead atoms. The Labute approximate surface area is 166 Å². The van der Waals surface area contributed by atoms with Gasteiger partial charge in [-0.25, -0.2) is 13.1 Å². The van der Waals surface area contributed by atoms with Gasteiger partial charge in [0.05, 0.1) is 10.9 Å². The molecule has 0 spiro atoms. The second kappa shape index (κ2) is 8.05. The quantitative estimate of drug-likeness (QED) is 0.806. The van der Waals surface area contributed by atoms with Crippen LogP contribution in [0, 0.1) is 0 Å². The zero-order valence-corrected chi connectivity index (χ0v) is 16.7. The van der Waals surface area contributed by atoms with E-state index >= 15 is 0 Å². The smallest absolute Gasteiger partial charge is 0.251 e. The lowest BCUT2D eigenvalue weighted by atomic mass is 9.96. The van der Waals surface area contributed by atoms with Crippen molar-refractivity contribution < 1.29 is 13.2 Å². The summed E-state index contributed by atoms with van der Waals surface area (Å²) in [6, 6.07) is 14.4. The third-order valence-electron chi connectivity index (χ3n) is 5.77. The maximum atomic E-state index is 12.8. The summed E-state index contributed by atoms with van der Waals surface area (Å²) in [6.07, 6.45) is 6.84. The van der Waals surface area contributed by atoms with Crippen LogP contribution in [-0.2, 0) is 16.4 Å². The Bertz CT molecular complexity index is 965. The topological polar surface area (TPSA) is 75.3 Å². The Morgan fingerprint density at radius 3 is 2.54 bits per heavy atom. The monoisotopic (exact) mass is 398 g/mol. The Kier molecular flexibility index (Phi) is 5.51. The van der Waals surface area contributed by atoms with Crippen LogP contribution in [0.3, 0.4) is 0 Å². The maximum Gasteiger partial charge on any atom is 0.251 e. The molecule has 1 atom stereocenters. The zero-order valence-electron chi connectivity index (χ0n) is 15.9. The van der Waals surface area contributed by atoms with Gasteiger partial charge in [-0.2, -0.15) is 0 Å². The van der Waals surface area contributed by atoms with Gasteiger partial charge in [-0.05, 0) is 55.0 Å². The highest BCUT2D eigenvalue weighted by Crippen LogP contribution is 2.31. The molecule has 148 valence electrons. The fourth-order valence-electron chi connectivity index (χ4n) is 4.26. The number of aryl methyl sites for hydroxylation is 1. The summed E-state index contributed by atoms with van der Waals surface area (Å²) >= 11 is 0. The van der Waals surface area contributed by atoms with E-state index in [1.54, 1.807) is 18.2 Å². The van der Waals surface area contributed by atoms with E-state index in [4.69, 9.17) is 0 Å². The molecule has 0 aliphatic heterocycles. The number of sulfonamides is 1. The number of carbonyl (C=O) groups is 1. The number of carbonyl (C=O) groups excluding carboxylic acids is 1. The van der Waals surface area contributed by atoms with Crippen molar-refractivity contribution in [3.63, 3.8) is 0 Å². The summed E-state index contributed by atoms with van der Waals surface area (Å²) in [5, 5.41) is 3.06. The van der Waals surface area contributed by atoms with Gasteiger partial charge in [0.2, 0.25) is 10.0 Å². The van der Waals surface area contributed by atoms with Crippen LogP contribution in [0.15, 0.2) is 53.4 Å². The summed E-state index contributed by atoms with van der Waals surface area (Å²) in [5.74, 6) is -0.239. The fourth-order valence-corrected chi connectivity index (χ4v) is 5.61. The molecule has 2 aliphatic carbocycles. The molecule has 1 amide bonds. The molecule has 6 heteroatoms. The lowest BCUT2D eigenvalue weighted by molar-refractivity contribution is 0.0936. The van der Waals surface area contributed by atoms with E-state index in [0.29, 0.717) is 5.56 Å². The molecular formula is C22H26N2O3S. The fraction of sp³-hybridized carbons (Fsp3) is 0.409. The Hall–Kier alpha value is -2.18. The number of hydrogen-bond donors (Lipinski definition) is 2. The van der Waals surface area contributed by atoms with E-state index in [2.05, 4.69) is 16.1 Å². The molecule has 4 rings (SSSR count). The number of benzene rings is 2. The summed E-state index contributed by atoms with van der Waals surface area (Å²) in [5.41, 5.74) is 2.79. The first-order chi connectivity index (χ1) is 13.5. The molecule has 1 saturated carbocycles. The Morgan fingerprint density at radius 2 is 1.71 bits per heavy atom. The highest BCUT2D eigenvalue weighted by molar-refractivity contribution is 7.89. The number of hydrogen-bond acceptors (Lipinski definition) is 3. The number of amides is 1. The second-order valence-electron chi connectivity index (χ2n) is 7.75. The Balaban J connectivity index is 1.48. The number of rotatable bonds is 5. The average Bonchev–Trinajstić information content (AvgIpc) is 3.11. The van der Waals surface area contributed by atoms with Gasteiger partial charge in [0.25, 0.3) is 5.91 Å². The second-order valence-corrected chi connectivity index (χ2v) is 9.46. The van der Waals surface area contributed by atoms with Crippen molar-refractivity contribution in [2.24, 2.45) is 0 Å². The molecule has 5 nitrogen and oxygen atoms in total. The van der Waals surface area contributed by atoms with E-state index in [0.717, 1.165) is 50.5 Å². The Morgan fingerprint density at radius 1 is 0.929 bits per heavy atom. The molecule has 28 heavy (non-hydrogen) atoms. The normalized spacial score (nSPS) is 19.9. The summed E-state index contributed by atoms with van der Waals surface area (Å²) in [7, 11) is -3.62. The molecule has 0 radical (unpaired) electrons. The third-order valence-corrected chi connectivity index (χ3v) is 7.29. The molecule has 2 aromatic carbocycles. The molecular weight excluding hydrogens is 372 g/mol. The van der Waals surface area contributed by atoms with Crippen LogP contribution in [0.2, 0.25) is 0 Å². The molecule has 1 unspecified atom stereocenters. The number of fused-ring (bicyclic) bond motifs is 1. The van der Waals surface area contributed by atoms with E-state index in [1.807, 2.05) is 18.2 Å². The van der Waals surface area contributed by atoms with Crippen LogP contribution in [0.1, 0.15) is 66.1 Å². The van der Waals surface area contributed by atoms with Gasteiger partial charge >= 0.3 is 0 Å². The van der Waals surface area contributed by atoms with Crippen molar-refractivity contribution in [2.45, 2.75) is 61.9 Å². The first kappa shape index (κ1) is 19.2. The van der Waals surface area contributed by atoms with Gasteiger partial charge in [0.1, 0.15) is 0 Å². The highest BCUT2D eigenvalue weighted by atomic mass is 32.2. The van der Waals surface area contributed by atoms with E-state index in [9.17, 15) is 13.2 Å². The minimum Gasteiger partial charge on any atom is -0.345 e. The van der Waals surface area contributed by atoms with Crippen LogP contribution in [0.4, 0.5) is 0 Å². The highest BCUT2D eigenvalue weighted by Gasteiger charge is 2.25. The predicted octanol–water partition coefficient (Wildman–Crippen LogP) is 3.71. The van der Waals surface area contributed by atoms with Gasteiger partial charge < -0.3 is 5.32 Å². The van der Waals surface area contributed by atoms with Crippen LogP contribution in [0.5, 0.6) is 0 Å². The largest absolute Gasteiger partial charge is 0.345 e. The lowest BCUT2D eigenvalue weighted by Crippen LogP contribution is -2.36. The van der Waals surface area contributed by atoms with Gasteiger partial charge in [0.15, 0.2) is 0 Å². The standard InChI is InChI=1S/C22H26N2O3S/c25-22(23-21-14-13-16-7-4-5-12-20(16)21)17-8-6-11-19(15-17)28(26,27)24-18-9-2-1-3-10-18/h4-8,11-12,15,18,21,24H,1-3,9-10,13-14H2,(H,23,25). The van der Waals surface area contributed by atoms with Crippen molar-refractivity contribution in [3.8, 4) is 0 Å². The zero-order chi connectivity index (χ0) is 19.6.